The monoisotopic (exact) mass is 400 g/mol. The lowest BCUT2D eigenvalue weighted by Crippen LogP contribution is -2.26. The maximum atomic E-state index is 12.6. The van der Waals surface area contributed by atoms with Crippen LogP contribution in [0.2, 0.25) is 0 Å². The van der Waals surface area contributed by atoms with Gasteiger partial charge in [-0.25, -0.2) is 0 Å². The highest BCUT2D eigenvalue weighted by Crippen LogP contribution is 2.38. The molecule has 0 radical (unpaired) electrons. The van der Waals surface area contributed by atoms with Crippen molar-refractivity contribution in [1.29, 1.82) is 0 Å². The number of amides is 2. The summed E-state index contributed by atoms with van der Waals surface area (Å²) in [4.78, 5) is 24.7. The smallest absolute Gasteiger partial charge is 0.255 e. The van der Waals surface area contributed by atoms with Crippen LogP contribution in [0.15, 0.2) is 36.4 Å². The predicted molar refractivity (Wildman–Crippen MR) is 108 cm³/mol. The summed E-state index contributed by atoms with van der Waals surface area (Å²) in [6.07, 6.45) is 1.23. The summed E-state index contributed by atoms with van der Waals surface area (Å²) >= 11 is 0. The number of nitrogens with one attached hydrogen (secondary N) is 2. The number of hydrogen-bond acceptors (Lipinski definition) is 6. The van der Waals surface area contributed by atoms with Crippen molar-refractivity contribution in [2.24, 2.45) is 0 Å². The van der Waals surface area contributed by atoms with E-state index in [1.54, 1.807) is 36.4 Å². The molecular formula is C21H24N2O6. The number of rotatable bonds is 7. The minimum absolute atomic E-state index is 0.156. The van der Waals surface area contributed by atoms with Crippen LogP contribution in [-0.4, -0.2) is 45.9 Å². The normalized spacial score (nSPS) is 15.5. The fourth-order valence-electron chi connectivity index (χ4n) is 3.06. The molecule has 0 aromatic heterocycles. The number of anilines is 2. The third-order valence-electron chi connectivity index (χ3n) is 4.56. The molecule has 1 atom stereocenters. The number of benzene rings is 2. The van der Waals surface area contributed by atoms with Gasteiger partial charge < -0.3 is 29.6 Å². The van der Waals surface area contributed by atoms with Gasteiger partial charge in [0.2, 0.25) is 5.75 Å². The third-order valence-corrected chi connectivity index (χ3v) is 4.56. The molecule has 0 bridgehead atoms. The zero-order valence-electron chi connectivity index (χ0n) is 16.6. The molecule has 2 aromatic rings. The lowest BCUT2D eigenvalue weighted by molar-refractivity contribution is -0.124. The van der Waals surface area contributed by atoms with Crippen LogP contribution in [0.4, 0.5) is 11.4 Å². The molecule has 1 heterocycles. The maximum absolute atomic E-state index is 12.6. The molecule has 0 saturated carbocycles. The van der Waals surface area contributed by atoms with Crippen molar-refractivity contribution >= 4 is 23.2 Å². The minimum atomic E-state index is -0.394. The highest BCUT2D eigenvalue weighted by molar-refractivity contribution is 6.05. The Morgan fingerprint density at radius 3 is 2.00 bits per heavy atom. The lowest BCUT2D eigenvalue weighted by Gasteiger charge is -2.14. The summed E-state index contributed by atoms with van der Waals surface area (Å²) in [5.74, 6) is 0.711. The average molecular weight is 400 g/mol. The van der Waals surface area contributed by atoms with Gasteiger partial charge in [0.15, 0.2) is 11.5 Å². The molecule has 0 spiro atoms. The van der Waals surface area contributed by atoms with Crippen LogP contribution in [-0.2, 0) is 9.53 Å². The van der Waals surface area contributed by atoms with Crippen molar-refractivity contribution < 1.29 is 28.5 Å². The second-order valence-electron chi connectivity index (χ2n) is 6.44. The van der Waals surface area contributed by atoms with Crippen LogP contribution in [0.3, 0.4) is 0 Å². The molecule has 8 nitrogen and oxygen atoms in total. The molecule has 29 heavy (non-hydrogen) atoms. The fraction of sp³-hybridized carbons (Fsp3) is 0.333. The van der Waals surface area contributed by atoms with E-state index in [2.05, 4.69) is 10.6 Å². The molecular weight excluding hydrogens is 376 g/mol. The van der Waals surface area contributed by atoms with E-state index in [0.29, 0.717) is 40.8 Å². The van der Waals surface area contributed by atoms with Crippen LogP contribution < -0.4 is 24.8 Å². The first-order valence-corrected chi connectivity index (χ1v) is 9.19. The zero-order valence-corrected chi connectivity index (χ0v) is 16.6. The van der Waals surface area contributed by atoms with E-state index in [1.807, 2.05) is 0 Å². The van der Waals surface area contributed by atoms with Crippen molar-refractivity contribution in [1.82, 2.24) is 0 Å². The number of ether oxygens (including phenoxy) is 4. The van der Waals surface area contributed by atoms with Gasteiger partial charge in [0.25, 0.3) is 11.8 Å². The van der Waals surface area contributed by atoms with Gasteiger partial charge in [0, 0.05) is 23.5 Å². The minimum Gasteiger partial charge on any atom is -0.493 e. The van der Waals surface area contributed by atoms with Crippen LogP contribution in [0.5, 0.6) is 17.2 Å². The third kappa shape index (κ3) is 4.78. The van der Waals surface area contributed by atoms with E-state index in [1.165, 1.54) is 21.3 Å². The number of carbonyl (C=O) groups excluding carboxylic acids is 2. The molecule has 0 unspecified atom stereocenters. The fourth-order valence-corrected chi connectivity index (χ4v) is 3.06. The van der Waals surface area contributed by atoms with Crippen molar-refractivity contribution in [3.05, 3.63) is 42.0 Å². The van der Waals surface area contributed by atoms with Crippen LogP contribution in [0.1, 0.15) is 23.2 Å². The topological polar surface area (TPSA) is 95.1 Å². The quantitative estimate of drug-likeness (QED) is 0.742. The van der Waals surface area contributed by atoms with Gasteiger partial charge in [0.05, 0.1) is 21.3 Å². The first-order chi connectivity index (χ1) is 14.0. The largest absolute Gasteiger partial charge is 0.493 e. The molecule has 1 aliphatic rings. The van der Waals surface area contributed by atoms with E-state index < -0.39 is 6.10 Å². The summed E-state index contributed by atoms with van der Waals surface area (Å²) in [6, 6.07) is 10.0. The predicted octanol–water partition coefficient (Wildman–Crippen LogP) is 3.08. The molecule has 2 N–H and O–H groups in total. The summed E-state index contributed by atoms with van der Waals surface area (Å²) in [6.45, 7) is 0.615. The van der Waals surface area contributed by atoms with E-state index in [9.17, 15) is 9.59 Å². The van der Waals surface area contributed by atoms with Crippen LogP contribution in [0, 0.1) is 0 Å². The van der Waals surface area contributed by atoms with Gasteiger partial charge in [-0.3, -0.25) is 9.59 Å². The van der Waals surface area contributed by atoms with Gasteiger partial charge in [-0.05, 0) is 49.2 Å². The summed E-state index contributed by atoms with van der Waals surface area (Å²) < 4.78 is 21.2. The molecule has 8 heteroatoms. The van der Waals surface area contributed by atoms with E-state index in [4.69, 9.17) is 18.9 Å². The molecule has 3 rings (SSSR count). The van der Waals surface area contributed by atoms with Crippen molar-refractivity contribution in [3.8, 4) is 17.2 Å². The molecule has 2 amide bonds. The Kier molecular flexibility index (Phi) is 6.56. The van der Waals surface area contributed by atoms with Crippen LogP contribution in [0.25, 0.3) is 0 Å². The van der Waals surface area contributed by atoms with Gasteiger partial charge in [-0.2, -0.15) is 0 Å². The first kappa shape index (κ1) is 20.5. The van der Waals surface area contributed by atoms with Gasteiger partial charge in [-0.1, -0.05) is 0 Å². The molecule has 1 fully saturated rings. The van der Waals surface area contributed by atoms with Crippen LogP contribution >= 0.6 is 0 Å². The second kappa shape index (κ2) is 9.29. The van der Waals surface area contributed by atoms with E-state index >= 15 is 0 Å². The number of carbonyl (C=O) groups is 2. The Labute approximate surface area is 169 Å². The Hall–Kier alpha value is -3.26. The van der Waals surface area contributed by atoms with Crippen molar-refractivity contribution in [2.45, 2.75) is 18.9 Å². The molecule has 1 saturated heterocycles. The second-order valence-corrected chi connectivity index (χ2v) is 6.44. The molecule has 154 valence electrons. The molecule has 2 aromatic carbocycles. The zero-order chi connectivity index (χ0) is 20.8. The van der Waals surface area contributed by atoms with Crippen molar-refractivity contribution in [3.63, 3.8) is 0 Å². The summed E-state index contributed by atoms with van der Waals surface area (Å²) in [5.41, 5.74) is 1.57. The Morgan fingerprint density at radius 2 is 1.52 bits per heavy atom. The average Bonchev–Trinajstić information content (AvgIpc) is 3.29. The summed E-state index contributed by atoms with van der Waals surface area (Å²) in [7, 11) is 4.48. The Morgan fingerprint density at radius 1 is 0.931 bits per heavy atom. The molecule has 0 aliphatic carbocycles. The van der Waals surface area contributed by atoms with Gasteiger partial charge in [-0.15, -0.1) is 0 Å². The Bertz CT molecular complexity index is 850. The molecule has 1 aliphatic heterocycles. The summed E-state index contributed by atoms with van der Waals surface area (Å²) in [5, 5.41) is 5.62. The number of hydrogen-bond donors (Lipinski definition) is 2. The highest BCUT2D eigenvalue weighted by Gasteiger charge is 2.23. The lowest BCUT2D eigenvalue weighted by atomic mass is 10.1. The Balaban J connectivity index is 1.68. The van der Waals surface area contributed by atoms with E-state index in [-0.39, 0.29) is 11.8 Å². The number of methoxy groups -OCH3 is 3. The van der Waals surface area contributed by atoms with Gasteiger partial charge >= 0.3 is 0 Å². The SMILES string of the molecule is COc1cc(C(=O)Nc2ccc(NC(=O)[C@@H]3CCCO3)cc2)cc(OC)c1OC. The first-order valence-electron chi connectivity index (χ1n) is 9.19. The van der Waals surface area contributed by atoms with Gasteiger partial charge in [0.1, 0.15) is 6.10 Å². The highest BCUT2D eigenvalue weighted by atomic mass is 16.5. The van der Waals surface area contributed by atoms with Crippen molar-refractivity contribution in [2.75, 3.05) is 38.6 Å². The van der Waals surface area contributed by atoms with E-state index in [0.717, 1.165) is 12.8 Å². The standard InChI is InChI=1S/C21H24N2O6/c1-26-17-11-13(12-18(27-2)19(17)28-3)20(24)22-14-6-8-15(9-7-14)23-21(25)16-5-4-10-29-16/h6-9,11-12,16H,4-5,10H2,1-3H3,(H,22,24)(H,23,25)/t16-/m0/s1. The maximum Gasteiger partial charge on any atom is 0.255 e.